The van der Waals surface area contributed by atoms with Crippen LogP contribution in [0.1, 0.15) is 0 Å². The summed E-state index contributed by atoms with van der Waals surface area (Å²) in [5.74, 6) is 0.949. The molecule has 0 atom stereocenters. The van der Waals surface area contributed by atoms with E-state index in [0.717, 1.165) is 17.1 Å². The van der Waals surface area contributed by atoms with Gasteiger partial charge in [-0.25, -0.2) is 0 Å². The number of hydrogen-bond donors (Lipinski definition) is 1. The molecule has 0 bridgehead atoms. The highest BCUT2D eigenvalue weighted by Crippen LogP contribution is 2.22. The van der Waals surface area contributed by atoms with Gasteiger partial charge in [-0.05, 0) is 24.3 Å². The first-order chi connectivity index (χ1) is 11.2. The third-order valence-electron chi connectivity index (χ3n) is 3.16. The average Bonchev–Trinajstić information content (AvgIpc) is 2.95. The van der Waals surface area contributed by atoms with Crippen molar-refractivity contribution >= 4 is 23.4 Å². The Labute approximate surface area is 138 Å². The molecule has 2 heterocycles. The van der Waals surface area contributed by atoms with Crippen LogP contribution in [0.3, 0.4) is 0 Å². The number of rotatable bonds is 5. The Morgan fingerprint density at radius 1 is 1.13 bits per heavy atom. The van der Waals surface area contributed by atoms with Crippen LogP contribution < -0.4 is 5.32 Å². The summed E-state index contributed by atoms with van der Waals surface area (Å²) in [6, 6.07) is 13.1. The number of nitrogens with one attached hydrogen (secondary N) is 1. The Balaban J connectivity index is 1.63. The van der Waals surface area contributed by atoms with Gasteiger partial charge in [-0.3, -0.25) is 9.78 Å². The minimum Gasteiger partial charge on any atom is -0.325 e. The van der Waals surface area contributed by atoms with Crippen LogP contribution in [-0.2, 0) is 11.8 Å². The highest BCUT2D eigenvalue weighted by Gasteiger charge is 2.12. The molecule has 0 saturated carbocycles. The molecule has 2 aromatic heterocycles. The molecule has 7 heteroatoms. The van der Waals surface area contributed by atoms with Crippen molar-refractivity contribution in [3.8, 4) is 11.4 Å². The lowest BCUT2D eigenvalue weighted by Crippen LogP contribution is -2.14. The topological polar surface area (TPSA) is 72.7 Å². The molecular formula is C16H15N5OS. The molecule has 1 aromatic carbocycles. The maximum absolute atomic E-state index is 12.0. The Bertz CT molecular complexity index is 789. The van der Waals surface area contributed by atoms with E-state index in [2.05, 4.69) is 20.5 Å². The summed E-state index contributed by atoms with van der Waals surface area (Å²) in [6.45, 7) is 0. The summed E-state index contributed by atoms with van der Waals surface area (Å²) in [6.07, 6.45) is 3.42. The van der Waals surface area contributed by atoms with Gasteiger partial charge in [0, 0.05) is 30.7 Å². The summed E-state index contributed by atoms with van der Waals surface area (Å²) < 4.78 is 1.87. The van der Waals surface area contributed by atoms with Crippen molar-refractivity contribution in [3.05, 3.63) is 54.9 Å². The highest BCUT2D eigenvalue weighted by atomic mass is 32.2. The molecule has 0 saturated heterocycles. The van der Waals surface area contributed by atoms with Crippen molar-refractivity contribution in [2.45, 2.75) is 5.16 Å². The lowest BCUT2D eigenvalue weighted by molar-refractivity contribution is -0.113. The number of anilines is 1. The van der Waals surface area contributed by atoms with E-state index < -0.39 is 0 Å². The van der Waals surface area contributed by atoms with Crippen molar-refractivity contribution in [1.82, 2.24) is 19.7 Å². The first kappa shape index (κ1) is 15.2. The quantitative estimate of drug-likeness (QED) is 0.730. The zero-order valence-corrected chi connectivity index (χ0v) is 13.3. The van der Waals surface area contributed by atoms with Gasteiger partial charge in [0.05, 0.1) is 5.75 Å². The molecule has 0 aliphatic rings. The standard InChI is InChI=1S/C16H15N5OS/c1-21-15(12-7-9-17-10-8-12)19-20-16(21)23-11-14(22)18-13-5-3-2-4-6-13/h2-10H,11H2,1H3,(H,18,22). The van der Waals surface area contributed by atoms with Crippen molar-refractivity contribution in [2.75, 3.05) is 11.1 Å². The van der Waals surface area contributed by atoms with Gasteiger partial charge in [0.25, 0.3) is 0 Å². The van der Waals surface area contributed by atoms with E-state index in [9.17, 15) is 4.79 Å². The fourth-order valence-electron chi connectivity index (χ4n) is 2.04. The molecule has 3 rings (SSSR count). The molecule has 1 amide bonds. The number of pyridine rings is 1. The van der Waals surface area contributed by atoms with E-state index in [0.29, 0.717) is 5.16 Å². The minimum atomic E-state index is -0.0744. The highest BCUT2D eigenvalue weighted by molar-refractivity contribution is 7.99. The number of hydrogen-bond acceptors (Lipinski definition) is 5. The number of aromatic nitrogens is 4. The molecule has 1 N–H and O–H groups in total. The van der Waals surface area contributed by atoms with E-state index >= 15 is 0 Å². The maximum Gasteiger partial charge on any atom is 0.234 e. The molecule has 23 heavy (non-hydrogen) atoms. The minimum absolute atomic E-state index is 0.0744. The fourth-order valence-corrected chi connectivity index (χ4v) is 2.75. The first-order valence-corrected chi connectivity index (χ1v) is 8.00. The van der Waals surface area contributed by atoms with Crippen molar-refractivity contribution in [2.24, 2.45) is 7.05 Å². The van der Waals surface area contributed by atoms with E-state index in [1.54, 1.807) is 12.4 Å². The lowest BCUT2D eigenvalue weighted by Gasteiger charge is -2.05. The second-order valence-electron chi connectivity index (χ2n) is 4.80. The van der Waals surface area contributed by atoms with Crippen molar-refractivity contribution < 1.29 is 4.79 Å². The largest absolute Gasteiger partial charge is 0.325 e. The Morgan fingerprint density at radius 3 is 2.61 bits per heavy atom. The smallest absolute Gasteiger partial charge is 0.234 e. The lowest BCUT2D eigenvalue weighted by atomic mass is 10.2. The second-order valence-corrected chi connectivity index (χ2v) is 5.75. The van der Waals surface area contributed by atoms with Crippen molar-refractivity contribution in [3.63, 3.8) is 0 Å². The number of carbonyl (C=O) groups is 1. The van der Waals surface area contributed by atoms with Gasteiger partial charge in [-0.2, -0.15) is 0 Å². The van der Waals surface area contributed by atoms with Crippen molar-refractivity contribution in [1.29, 1.82) is 0 Å². The van der Waals surface area contributed by atoms with Crippen LogP contribution >= 0.6 is 11.8 Å². The molecule has 0 fully saturated rings. The predicted octanol–water partition coefficient (Wildman–Crippen LogP) is 2.61. The molecule has 0 radical (unpaired) electrons. The van der Waals surface area contributed by atoms with Crippen LogP contribution in [0.25, 0.3) is 11.4 Å². The third kappa shape index (κ3) is 3.75. The monoisotopic (exact) mass is 325 g/mol. The van der Waals surface area contributed by atoms with Gasteiger partial charge in [0.15, 0.2) is 11.0 Å². The van der Waals surface area contributed by atoms with Crippen LogP contribution in [0.5, 0.6) is 0 Å². The second kappa shape index (κ2) is 7.06. The van der Waals surface area contributed by atoms with Gasteiger partial charge in [0.1, 0.15) is 0 Å². The Morgan fingerprint density at radius 2 is 1.87 bits per heavy atom. The molecule has 0 spiro atoms. The van der Waals surface area contributed by atoms with E-state index in [4.69, 9.17) is 0 Å². The third-order valence-corrected chi connectivity index (χ3v) is 4.18. The Kier molecular flexibility index (Phi) is 4.68. The number of para-hydroxylation sites is 1. The van der Waals surface area contributed by atoms with Gasteiger partial charge in [-0.15, -0.1) is 10.2 Å². The first-order valence-electron chi connectivity index (χ1n) is 7.01. The van der Waals surface area contributed by atoms with Gasteiger partial charge in [-0.1, -0.05) is 30.0 Å². The average molecular weight is 325 g/mol. The molecular weight excluding hydrogens is 310 g/mol. The molecule has 0 aliphatic heterocycles. The van der Waals surface area contributed by atoms with Crippen LogP contribution in [0.15, 0.2) is 60.0 Å². The van der Waals surface area contributed by atoms with Crippen LogP contribution in [-0.4, -0.2) is 31.4 Å². The van der Waals surface area contributed by atoms with Crippen LogP contribution in [0.4, 0.5) is 5.69 Å². The van der Waals surface area contributed by atoms with Crippen LogP contribution in [0.2, 0.25) is 0 Å². The van der Waals surface area contributed by atoms with Gasteiger partial charge >= 0.3 is 0 Å². The summed E-state index contributed by atoms with van der Waals surface area (Å²) in [4.78, 5) is 16.0. The van der Waals surface area contributed by atoms with Gasteiger partial charge < -0.3 is 9.88 Å². The summed E-state index contributed by atoms with van der Waals surface area (Å²) in [5, 5.41) is 11.9. The van der Waals surface area contributed by atoms with Gasteiger partial charge in [0.2, 0.25) is 5.91 Å². The number of nitrogens with zero attached hydrogens (tertiary/aromatic N) is 4. The zero-order valence-electron chi connectivity index (χ0n) is 12.5. The number of amides is 1. The van der Waals surface area contributed by atoms with E-state index in [1.807, 2.05) is 54.1 Å². The molecule has 0 aliphatic carbocycles. The summed E-state index contributed by atoms with van der Waals surface area (Å²) in [5.41, 5.74) is 1.73. The fraction of sp³-hybridized carbons (Fsp3) is 0.125. The van der Waals surface area contributed by atoms with E-state index in [-0.39, 0.29) is 11.7 Å². The predicted molar refractivity (Wildman–Crippen MR) is 90.0 cm³/mol. The van der Waals surface area contributed by atoms with E-state index in [1.165, 1.54) is 11.8 Å². The maximum atomic E-state index is 12.0. The normalized spacial score (nSPS) is 10.5. The SMILES string of the molecule is Cn1c(SCC(=O)Nc2ccccc2)nnc1-c1ccncc1. The molecule has 0 unspecified atom stereocenters. The summed E-state index contributed by atoms with van der Waals surface area (Å²) in [7, 11) is 1.88. The Hall–Kier alpha value is -2.67. The zero-order chi connectivity index (χ0) is 16.1. The molecule has 6 nitrogen and oxygen atoms in total. The number of benzene rings is 1. The molecule has 116 valence electrons. The number of thioether (sulfide) groups is 1. The molecule has 3 aromatic rings. The summed E-state index contributed by atoms with van der Waals surface area (Å²) >= 11 is 1.35. The number of carbonyl (C=O) groups excluding carboxylic acids is 1. The van der Waals surface area contributed by atoms with Crippen LogP contribution in [0, 0.1) is 0 Å².